The van der Waals surface area contributed by atoms with Crippen molar-refractivity contribution in [2.45, 2.75) is 24.7 Å². The third-order valence-electron chi connectivity index (χ3n) is 4.14. The van der Waals surface area contributed by atoms with Crippen LogP contribution in [0.3, 0.4) is 0 Å². The number of hydrogen-bond donors (Lipinski definition) is 2. The fraction of sp³-hybridized carbons (Fsp3) is 0.562. The molecule has 6 nitrogen and oxygen atoms in total. The molecule has 0 spiro atoms. The van der Waals surface area contributed by atoms with Crippen LogP contribution in [0.4, 0.5) is 0 Å². The molecule has 1 aromatic rings. The number of likely N-dealkylation sites (N-methyl/N-ethyl adjacent to an activating group) is 1. The highest BCUT2D eigenvalue weighted by Crippen LogP contribution is 2.14. The van der Waals surface area contributed by atoms with Crippen LogP contribution in [0.2, 0.25) is 0 Å². The third-order valence-corrected chi connectivity index (χ3v) is 5.61. The average Bonchev–Trinajstić information content (AvgIpc) is 2.55. The first-order chi connectivity index (χ1) is 10.9. The van der Waals surface area contributed by atoms with Crippen molar-refractivity contribution in [1.82, 2.24) is 14.9 Å². The molecule has 0 unspecified atom stereocenters. The zero-order valence-electron chi connectivity index (χ0n) is 13.7. The van der Waals surface area contributed by atoms with Gasteiger partial charge < -0.3 is 10.2 Å². The van der Waals surface area contributed by atoms with Crippen molar-refractivity contribution in [2.24, 2.45) is 5.92 Å². The summed E-state index contributed by atoms with van der Waals surface area (Å²) in [6, 6.07) is 6.70. The summed E-state index contributed by atoms with van der Waals surface area (Å²) in [5.74, 6) is 0.149. The molecule has 0 aromatic heterocycles. The van der Waals surface area contributed by atoms with Gasteiger partial charge in [-0.05, 0) is 45.0 Å². The minimum absolute atomic E-state index is 0.0509. The molecule has 0 saturated carbocycles. The summed E-state index contributed by atoms with van der Waals surface area (Å²) in [7, 11) is -1.79. The van der Waals surface area contributed by atoms with E-state index >= 15 is 0 Å². The number of aryl methyl sites for hydroxylation is 1. The smallest absolute Gasteiger partial charge is 0.240 e. The van der Waals surface area contributed by atoms with E-state index in [0.29, 0.717) is 6.54 Å². The Balaban J connectivity index is 1.83. The highest BCUT2D eigenvalue weighted by atomic mass is 32.2. The highest BCUT2D eigenvalue weighted by Gasteiger charge is 2.24. The Hall–Kier alpha value is -1.44. The number of rotatable bonds is 6. The Bertz CT molecular complexity index is 622. The number of carbonyl (C=O) groups is 1. The quantitative estimate of drug-likeness (QED) is 0.801. The number of sulfonamides is 1. The van der Waals surface area contributed by atoms with Crippen molar-refractivity contribution in [3.05, 3.63) is 29.8 Å². The summed E-state index contributed by atoms with van der Waals surface area (Å²) in [5, 5.41) is 3.23. The van der Waals surface area contributed by atoms with E-state index in [1.54, 1.807) is 36.2 Å². The molecule has 0 atom stereocenters. The van der Waals surface area contributed by atoms with Gasteiger partial charge in [0.2, 0.25) is 15.9 Å². The predicted octanol–water partition coefficient (Wildman–Crippen LogP) is 0.731. The zero-order valence-corrected chi connectivity index (χ0v) is 14.5. The number of hydrogen-bond acceptors (Lipinski definition) is 4. The first kappa shape index (κ1) is 17.9. The van der Waals surface area contributed by atoms with Gasteiger partial charge in [0.15, 0.2) is 0 Å². The van der Waals surface area contributed by atoms with Gasteiger partial charge in [-0.2, -0.15) is 0 Å². The van der Waals surface area contributed by atoms with Crippen LogP contribution in [0, 0.1) is 12.8 Å². The van der Waals surface area contributed by atoms with Gasteiger partial charge in [0.1, 0.15) is 0 Å². The molecule has 0 bridgehead atoms. The second kappa shape index (κ2) is 7.90. The maximum absolute atomic E-state index is 12.3. The minimum atomic E-state index is -3.52. The Morgan fingerprint density at radius 1 is 1.26 bits per heavy atom. The van der Waals surface area contributed by atoms with Crippen molar-refractivity contribution in [3.8, 4) is 0 Å². The van der Waals surface area contributed by atoms with Gasteiger partial charge in [0.05, 0.1) is 4.90 Å². The molecular formula is C16H25N3O3S. The molecule has 7 heteroatoms. The summed E-state index contributed by atoms with van der Waals surface area (Å²) < 4.78 is 26.9. The Morgan fingerprint density at radius 2 is 1.87 bits per heavy atom. The summed E-state index contributed by atoms with van der Waals surface area (Å²) in [4.78, 5) is 14.1. The van der Waals surface area contributed by atoms with Crippen LogP contribution < -0.4 is 10.0 Å². The maximum Gasteiger partial charge on any atom is 0.240 e. The number of benzene rings is 1. The van der Waals surface area contributed by atoms with Gasteiger partial charge in [0.25, 0.3) is 0 Å². The van der Waals surface area contributed by atoms with Crippen molar-refractivity contribution in [1.29, 1.82) is 0 Å². The monoisotopic (exact) mass is 339 g/mol. The van der Waals surface area contributed by atoms with Crippen molar-refractivity contribution in [3.63, 3.8) is 0 Å². The fourth-order valence-electron chi connectivity index (χ4n) is 2.64. The average molecular weight is 339 g/mol. The lowest BCUT2D eigenvalue weighted by atomic mass is 9.97. The van der Waals surface area contributed by atoms with E-state index in [1.165, 1.54) is 0 Å². The molecule has 0 radical (unpaired) electrons. The van der Waals surface area contributed by atoms with E-state index in [9.17, 15) is 13.2 Å². The van der Waals surface area contributed by atoms with E-state index in [1.807, 2.05) is 6.92 Å². The van der Waals surface area contributed by atoms with Crippen LogP contribution in [0.1, 0.15) is 18.4 Å². The molecule has 2 N–H and O–H groups in total. The Morgan fingerprint density at radius 3 is 2.48 bits per heavy atom. The number of nitrogens with zero attached hydrogens (tertiary/aromatic N) is 1. The van der Waals surface area contributed by atoms with Crippen LogP contribution in [0.5, 0.6) is 0 Å². The van der Waals surface area contributed by atoms with Crippen LogP contribution >= 0.6 is 0 Å². The summed E-state index contributed by atoms with van der Waals surface area (Å²) in [5.41, 5.74) is 1.01. The SMILES string of the molecule is Cc1ccc(S(=O)(=O)NCCN(C)C(=O)C2CCNCC2)cc1. The van der Waals surface area contributed by atoms with Gasteiger partial charge in [-0.1, -0.05) is 17.7 Å². The lowest BCUT2D eigenvalue weighted by Crippen LogP contribution is -2.42. The van der Waals surface area contributed by atoms with Crippen LogP contribution in [-0.2, 0) is 14.8 Å². The Labute approximate surface area is 138 Å². The number of carbonyl (C=O) groups excluding carboxylic acids is 1. The van der Waals surface area contributed by atoms with Gasteiger partial charge >= 0.3 is 0 Å². The maximum atomic E-state index is 12.3. The van der Waals surface area contributed by atoms with E-state index in [-0.39, 0.29) is 23.3 Å². The second-order valence-electron chi connectivity index (χ2n) is 5.99. The molecule has 1 saturated heterocycles. The molecular weight excluding hydrogens is 314 g/mol. The van der Waals surface area contributed by atoms with Gasteiger partial charge in [-0.3, -0.25) is 4.79 Å². The molecule has 1 aromatic carbocycles. The summed E-state index contributed by atoms with van der Waals surface area (Å²) >= 11 is 0. The lowest BCUT2D eigenvalue weighted by molar-refractivity contribution is -0.134. The molecule has 0 aliphatic carbocycles. The zero-order chi connectivity index (χ0) is 16.9. The van der Waals surface area contributed by atoms with Crippen LogP contribution in [-0.4, -0.2) is 52.5 Å². The number of amides is 1. The summed E-state index contributed by atoms with van der Waals surface area (Å²) in [6.45, 7) is 4.22. The topological polar surface area (TPSA) is 78.5 Å². The third kappa shape index (κ3) is 5.02. The van der Waals surface area contributed by atoms with Gasteiger partial charge in [-0.25, -0.2) is 13.1 Å². The normalized spacial score (nSPS) is 16.3. The number of piperidine rings is 1. The van der Waals surface area contributed by atoms with Crippen molar-refractivity contribution < 1.29 is 13.2 Å². The molecule has 23 heavy (non-hydrogen) atoms. The predicted molar refractivity (Wildman–Crippen MR) is 89.6 cm³/mol. The summed E-state index contributed by atoms with van der Waals surface area (Å²) in [6.07, 6.45) is 1.69. The first-order valence-corrected chi connectivity index (χ1v) is 9.40. The first-order valence-electron chi connectivity index (χ1n) is 7.92. The van der Waals surface area contributed by atoms with Gasteiger partial charge in [0, 0.05) is 26.1 Å². The van der Waals surface area contributed by atoms with Crippen molar-refractivity contribution in [2.75, 3.05) is 33.2 Å². The van der Waals surface area contributed by atoms with Crippen molar-refractivity contribution >= 4 is 15.9 Å². The van der Waals surface area contributed by atoms with Crippen LogP contribution in [0.15, 0.2) is 29.2 Å². The van der Waals surface area contributed by atoms with E-state index < -0.39 is 10.0 Å². The molecule has 2 rings (SSSR count). The second-order valence-corrected chi connectivity index (χ2v) is 7.76. The minimum Gasteiger partial charge on any atom is -0.344 e. The van der Waals surface area contributed by atoms with Gasteiger partial charge in [-0.15, -0.1) is 0 Å². The lowest BCUT2D eigenvalue weighted by Gasteiger charge is -2.27. The van der Waals surface area contributed by atoms with E-state index in [0.717, 1.165) is 31.5 Å². The molecule has 1 heterocycles. The molecule has 1 aliphatic heterocycles. The molecule has 1 aliphatic rings. The molecule has 128 valence electrons. The fourth-order valence-corrected chi connectivity index (χ4v) is 3.66. The largest absolute Gasteiger partial charge is 0.344 e. The highest BCUT2D eigenvalue weighted by molar-refractivity contribution is 7.89. The standard InChI is InChI=1S/C16H25N3O3S/c1-13-3-5-15(6-4-13)23(21,22)18-11-12-19(2)16(20)14-7-9-17-10-8-14/h3-6,14,17-18H,7-12H2,1-2H3. The van der Waals surface area contributed by atoms with E-state index in [2.05, 4.69) is 10.0 Å². The van der Waals surface area contributed by atoms with Crippen LogP contribution in [0.25, 0.3) is 0 Å². The Kier molecular flexibility index (Phi) is 6.15. The molecule has 1 fully saturated rings. The molecule has 1 amide bonds. The number of nitrogens with one attached hydrogen (secondary N) is 2. The van der Waals surface area contributed by atoms with E-state index in [4.69, 9.17) is 0 Å².